The summed E-state index contributed by atoms with van der Waals surface area (Å²) in [4.78, 5) is 11.0. The van der Waals surface area contributed by atoms with Crippen LogP contribution in [0.4, 0.5) is 11.6 Å². The second-order valence-electron chi connectivity index (χ2n) is 5.11. The zero-order valence-electron chi connectivity index (χ0n) is 11.8. The minimum absolute atomic E-state index is 0.479. The monoisotopic (exact) mass is 327 g/mol. The Morgan fingerprint density at radius 2 is 2.16 bits per heavy atom. The maximum Gasteiger partial charge on any atom is 0.146 e. The van der Waals surface area contributed by atoms with Crippen LogP contribution < -0.4 is 10.6 Å². The van der Waals surface area contributed by atoms with Crippen molar-refractivity contribution in [3.63, 3.8) is 0 Å². The topological polar surface area (TPSA) is 53.1 Å². The molecule has 19 heavy (non-hydrogen) atoms. The van der Waals surface area contributed by atoms with E-state index in [-0.39, 0.29) is 0 Å². The zero-order valence-corrected chi connectivity index (χ0v) is 13.4. The van der Waals surface area contributed by atoms with Crippen molar-refractivity contribution in [3.05, 3.63) is 10.8 Å². The van der Waals surface area contributed by atoms with Crippen LogP contribution in [0.25, 0.3) is 0 Å². The van der Waals surface area contributed by atoms with Crippen LogP contribution in [0.1, 0.15) is 26.7 Å². The summed E-state index contributed by atoms with van der Waals surface area (Å²) in [6.45, 7) is 6.30. The molecule has 2 rings (SSSR count). The van der Waals surface area contributed by atoms with Gasteiger partial charge >= 0.3 is 0 Å². The molecule has 1 aromatic rings. The molecule has 2 unspecified atom stereocenters. The molecule has 2 N–H and O–H groups in total. The molecule has 1 saturated heterocycles. The molecular weight excluding hydrogens is 306 g/mol. The van der Waals surface area contributed by atoms with Gasteiger partial charge in [0.25, 0.3) is 0 Å². The van der Waals surface area contributed by atoms with Crippen molar-refractivity contribution in [1.29, 1.82) is 0 Å². The quantitative estimate of drug-likeness (QED) is 0.890. The van der Waals surface area contributed by atoms with Gasteiger partial charge in [0.2, 0.25) is 0 Å². The van der Waals surface area contributed by atoms with Crippen molar-refractivity contribution < 1.29 is 0 Å². The van der Waals surface area contributed by atoms with Gasteiger partial charge < -0.3 is 15.5 Å². The van der Waals surface area contributed by atoms with Crippen molar-refractivity contribution in [2.75, 3.05) is 30.8 Å². The lowest BCUT2D eigenvalue weighted by Gasteiger charge is -2.35. The molecule has 1 aliphatic rings. The summed E-state index contributed by atoms with van der Waals surface area (Å²) in [7, 11) is 2.19. The molecular formula is C13H22BrN5. The second kappa shape index (κ2) is 6.52. The van der Waals surface area contributed by atoms with Crippen LogP contribution in [0, 0.1) is 0 Å². The van der Waals surface area contributed by atoms with E-state index in [2.05, 4.69) is 62.3 Å². The van der Waals surface area contributed by atoms with Gasteiger partial charge in [0, 0.05) is 25.2 Å². The first kappa shape index (κ1) is 14.5. The summed E-state index contributed by atoms with van der Waals surface area (Å²) in [6.07, 6.45) is 3.89. The van der Waals surface area contributed by atoms with E-state index in [4.69, 9.17) is 0 Å². The summed E-state index contributed by atoms with van der Waals surface area (Å²) in [5.41, 5.74) is 0. The fourth-order valence-corrected chi connectivity index (χ4v) is 2.83. The fraction of sp³-hybridized carbons (Fsp3) is 0.692. The van der Waals surface area contributed by atoms with E-state index in [1.165, 1.54) is 0 Å². The number of aromatic nitrogens is 2. The van der Waals surface area contributed by atoms with E-state index < -0.39 is 0 Å². The van der Waals surface area contributed by atoms with Gasteiger partial charge in [0.15, 0.2) is 0 Å². The Bertz CT molecular complexity index is 425. The molecule has 0 aliphatic carbocycles. The van der Waals surface area contributed by atoms with Crippen LogP contribution in [0.15, 0.2) is 10.8 Å². The Labute approximate surface area is 123 Å². The predicted octanol–water partition coefficient (Wildman–Crippen LogP) is 2.57. The first-order valence-corrected chi connectivity index (χ1v) is 7.62. The van der Waals surface area contributed by atoms with Gasteiger partial charge in [-0.2, -0.15) is 0 Å². The molecule has 1 aromatic heterocycles. The molecule has 1 aliphatic heterocycles. The standard InChI is InChI=1S/C13H22BrN5/c1-4-15-12-11(14)13(17-8-16-12)18-10-5-6-19(3)9(2)7-10/h8-10H,4-7H2,1-3H3,(H2,15,16,17,18). The van der Waals surface area contributed by atoms with Gasteiger partial charge in [-0.05, 0) is 49.7 Å². The summed E-state index contributed by atoms with van der Waals surface area (Å²) in [5.74, 6) is 1.73. The van der Waals surface area contributed by atoms with Crippen LogP contribution in [0.2, 0.25) is 0 Å². The minimum atomic E-state index is 0.479. The summed E-state index contributed by atoms with van der Waals surface area (Å²) >= 11 is 3.58. The highest BCUT2D eigenvalue weighted by Gasteiger charge is 2.23. The smallest absolute Gasteiger partial charge is 0.146 e. The minimum Gasteiger partial charge on any atom is -0.369 e. The van der Waals surface area contributed by atoms with Gasteiger partial charge in [-0.3, -0.25) is 0 Å². The number of anilines is 2. The van der Waals surface area contributed by atoms with Crippen LogP contribution >= 0.6 is 15.9 Å². The Balaban J connectivity index is 2.05. The van der Waals surface area contributed by atoms with E-state index in [9.17, 15) is 0 Å². The Kier molecular flexibility index (Phi) is 4.99. The number of nitrogens with one attached hydrogen (secondary N) is 2. The SMILES string of the molecule is CCNc1ncnc(NC2CCN(C)C(C)C2)c1Br. The summed E-state index contributed by atoms with van der Waals surface area (Å²) in [6, 6.07) is 1.09. The third-order valence-electron chi connectivity index (χ3n) is 3.68. The molecule has 5 nitrogen and oxygen atoms in total. The van der Waals surface area contributed by atoms with E-state index in [0.717, 1.165) is 42.0 Å². The lowest BCUT2D eigenvalue weighted by molar-refractivity contribution is 0.190. The lowest BCUT2D eigenvalue weighted by atomic mass is 9.99. The van der Waals surface area contributed by atoms with Crippen LogP contribution in [-0.4, -0.2) is 47.1 Å². The number of hydrogen-bond acceptors (Lipinski definition) is 5. The van der Waals surface area contributed by atoms with Crippen molar-refractivity contribution in [2.24, 2.45) is 0 Å². The van der Waals surface area contributed by atoms with Crippen molar-refractivity contribution in [3.8, 4) is 0 Å². The number of rotatable bonds is 4. The molecule has 0 amide bonds. The molecule has 2 atom stereocenters. The number of likely N-dealkylation sites (tertiary alicyclic amines) is 1. The number of nitrogens with zero attached hydrogens (tertiary/aromatic N) is 3. The van der Waals surface area contributed by atoms with Gasteiger partial charge in [0.1, 0.15) is 22.4 Å². The molecule has 0 saturated carbocycles. The summed E-state index contributed by atoms with van der Waals surface area (Å²) < 4.78 is 0.920. The molecule has 0 aromatic carbocycles. The molecule has 0 spiro atoms. The lowest BCUT2D eigenvalue weighted by Crippen LogP contribution is -2.42. The van der Waals surface area contributed by atoms with E-state index in [1.807, 2.05) is 0 Å². The van der Waals surface area contributed by atoms with Crippen molar-refractivity contribution >= 4 is 27.6 Å². The van der Waals surface area contributed by atoms with Gasteiger partial charge in [-0.15, -0.1) is 0 Å². The zero-order chi connectivity index (χ0) is 13.8. The van der Waals surface area contributed by atoms with Gasteiger partial charge in [0.05, 0.1) is 0 Å². The Morgan fingerprint density at radius 3 is 2.84 bits per heavy atom. The molecule has 106 valence electrons. The van der Waals surface area contributed by atoms with Crippen LogP contribution in [0.5, 0.6) is 0 Å². The first-order valence-electron chi connectivity index (χ1n) is 6.83. The Morgan fingerprint density at radius 1 is 1.42 bits per heavy atom. The van der Waals surface area contributed by atoms with Gasteiger partial charge in [-0.25, -0.2) is 9.97 Å². The molecule has 1 fully saturated rings. The van der Waals surface area contributed by atoms with Crippen molar-refractivity contribution in [2.45, 2.75) is 38.8 Å². The maximum atomic E-state index is 4.34. The fourth-order valence-electron chi connectivity index (χ4n) is 2.38. The molecule has 0 radical (unpaired) electrons. The average Bonchev–Trinajstić information content (AvgIpc) is 2.39. The van der Waals surface area contributed by atoms with Crippen LogP contribution in [0.3, 0.4) is 0 Å². The first-order chi connectivity index (χ1) is 9.11. The van der Waals surface area contributed by atoms with E-state index in [1.54, 1.807) is 6.33 Å². The summed E-state index contributed by atoms with van der Waals surface area (Å²) in [5, 5.41) is 6.76. The number of halogens is 1. The van der Waals surface area contributed by atoms with E-state index in [0.29, 0.717) is 12.1 Å². The third-order valence-corrected chi connectivity index (χ3v) is 4.43. The highest BCUT2D eigenvalue weighted by Crippen LogP contribution is 2.28. The van der Waals surface area contributed by atoms with Crippen molar-refractivity contribution in [1.82, 2.24) is 14.9 Å². The number of piperidine rings is 1. The maximum absolute atomic E-state index is 4.34. The number of hydrogen-bond donors (Lipinski definition) is 2. The largest absolute Gasteiger partial charge is 0.369 e. The van der Waals surface area contributed by atoms with Gasteiger partial charge in [-0.1, -0.05) is 0 Å². The van der Waals surface area contributed by atoms with Crippen LogP contribution in [-0.2, 0) is 0 Å². The normalized spacial score (nSPS) is 24.2. The Hall–Kier alpha value is -0.880. The molecule has 2 heterocycles. The predicted molar refractivity (Wildman–Crippen MR) is 82.6 cm³/mol. The molecule has 0 bridgehead atoms. The second-order valence-corrected chi connectivity index (χ2v) is 5.90. The third kappa shape index (κ3) is 3.57. The average molecular weight is 328 g/mol. The highest BCUT2D eigenvalue weighted by molar-refractivity contribution is 9.10. The highest BCUT2D eigenvalue weighted by atomic mass is 79.9. The molecule has 6 heteroatoms. The van der Waals surface area contributed by atoms with E-state index >= 15 is 0 Å².